The summed E-state index contributed by atoms with van der Waals surface area (Å²) >= 11 is 1.40. The fourth-order valence-electron chi connectivity index (χ4n) is 3.90. The summed E-state index contributed by atoms with van der Waals surface area (Å²) in [5.41, 5.74) is 3.42. The zero-order valence-corrected chi connectivity index (χ0v) is 19.4. The Hall–Kier alpha value is -3.75. The Morgan fingerprint density at radius 1 is 1.03 bits per heavy atom. The zero-order valence-electron chi connectivity index (χ0n) is 18.6. The van der Waals surface area contributed by atoms with Crippen LogP contribution in [0.3, 0.4) is 0 Å². The molecule has 2 aromatic carbocycles. The third kappa shape index (κ3) is 4.37. The molecule has 0 fully saturated rings. The van der Waals surface area contributed by atoms with Crippen molar-refractivity contribution < 1.29 is 9.53 Å². The molecule has 1 atom stereocenters. The highest BCUT2D eigenvalue weighted by Gasteiger charge is 2.28. The smallest absolute Gasteiger partial charge is 0.192 e. The number of thioether (sulfide) groups is 1. The van der Waals surface area contributed by atoms with E-state index in [0.29, 0.717) is 29.7 Å². The maximum Gasteiger partial charge on any atom is 0.192 e. The topological polar surface area (TPSA) is 85.7 Å². The normalized spacial score (nSPS) is 12.1. The number of Topliss-reactive ketones (excluding diaryl/α,β-unsaturated/α-hetero) is 1. The molecule has 3 heterocycles. The number of methoxy groups -OCH3 is 1. The summed E-state index contributed by atoms with van der Waals surface area (Å²) < 4.78 is 7.34. The number of nitrogens with zero attached hydrogens (tertiary/aromatic N) is 4. The van der Waals surface area contributed by atoms with E-state index in [0.717, 1.165) is 22.0 Å². The van der Waals surface area contributed by atoms with E-state index in [1.165, 1.54) is 11.8 Å². The van der Waals surface area contributed by atoms with Crippen molar-refractivity contribution in [1.82, 2.24) is 24.7 Å². The number of nitrogens with one attached hydrogen (secondary N) is 1. The molecule has 0 saturated carbocycles. The molecule has 0 amide bonds. The van der Waals surface area contributed by atoms with Crippen LogP contribution < -0.4 is 0 Å². The van der Waals surface area contributed by atoms with Gasteiger partial charge < -0.3 is 9.72 Å². The van der Waals surface area contributed by atoms with Gasteiger partial charge in [-0.1, -0.05) is 60.3 Å². The number of benzene rings is 2. The number of carbonyl (C=O) groups is 1. The lowest BCUT2D eigenvalue weighted by Crippen LogP contribution is -2.13. The van der Waals surface area contributed by atoms with Crippen LogP contribution in [0.1, 0.15) is 21.2 Å². The van der Waals surface area contributed by atoms with Crippen molar-refractivity contribution in [3.63, 3.8) is 0 Å². The van der Waals surface area contributed by atoms with E-state index in [4.69, 9.17) is 4.74 Å². The van der Waals surface area contributed by atoms with Crippen molar-refractivity contribution >= 4 is 28.4 Å². The minimum atomic E-state index is -0.490. The Labute approximate surface area is 201 Å². The molecule has 1 N–H and O–H groups in total. The van der Waals surface area contributed by atoms with Crippen LogP contribution in [0.2, 0.25) is 0 Å². The molecule has 5 aromatic rings. The van der Waals surface area contributed by atoms with Gasteiger partial charge in [0.25, 0.3) is 0 Å². The highest BCUT2D eigenvalue weighted by molar-refractivity contribution is 8.00. The van der Waals surface area contributed by atoms with Crippen LogP contribution in [0.25, 0.3) is 22.3 Å². The third-order valence-electron chi connectivity index (χ3n) is 5.59. The van der Waals surface area contributed by atoms with Gasteiger partial charge in [-0.3, -0.25) is 14.3 Å². The molecule has 0 aliphatic heterocycles. The summed E-state index contributed by atoms with van der Waals surface area (Å²) in [6.07, 6.45) is 5.25. The molecule has 8 heteroatoms. The van der Waals surface area contributed by atoms with E-state index in [2.05, 4.69) is 20.2 Å². The van der Waals surface area contributed by atoms with Gasteiger partial charge >= 0.3 is 0 Å². The predicted octanol–water partition coefficient (Wildman–Crippen LogP) is 5.18. The van der Waals surface area contributed by atoms with Crippen LogP contribution in [-0.2, 0) is 11.3 Å². The first kappa shape index (κ1) is 22.1. The molecule has 0 bridgehead atoms. The minimum Gasteiger partial charge on any atom is -0.383 e. The maximum atomic E-state index is 13.9. The number of para-hydroxylation sites is 1. The summed E-state index contributed by atoms with van der Waals surface area (Å²) in [5.74, 6) is 0.730. The average Bonchev–Trinajstić information content (AvgIpc) is 3.51. The molecule has 0 saturated heterocycles. The number of hydrogen-bond donors (Lipinski definition) is 1. The summed E-state index contributed by atoms with van der Waals surface area (Å²) in [5, 5.41) is 10.0. The molecular weight excluding hydrogens is 446 g/mol. The van der Waals surface area contributed by atoms with Gasteiger partial charge in [-0.05, 0) is 23.8 Å². The second-order valence-electron chi connectivity index (χ2n) is 7.71. The van der Waals surface area contributed by atoms with E-state index in [-0.39, 0.29) is 5.78 Å². The standard InChI is InChI=1S/C26H23N5O2S/c1-33-16-15-31-25(19-11-13-27-14-12-19)29-30-26(31)34-24(18-7-3-2-4-8-18)23(32)21-17-28-22-10-6-5-9-20(21)22/h2-14,17,24,28H,15-16H2,1H3. The molecule has 34 heavy (non-hydrogen) atoms. The van der Waals surface area contributed by atoms with E-state index in [1.54, 1.807) is 25.7 Å². The van der Waals surface area contributed by atoms with Crippen LogP contribution >= 0.6 is 11.8 Å². The number of H-pyrrole nitrogens is 1. The Morgan fingerprint density at radius 2 is 1.79 bits per heavy atom. The third-order valence-corrected chi connectivity index (χ3v) is 6.83. The monoisotopic (exact) mass is 469 g/mol. The second-order valence-corrected chi connectivity index (χ2v) is 8.78. The van der Waals surface area contributed by atoms with Gasteiger partial charge in [0, 0.05) is 47.7 Å². The molecule has 0 spiro atoms. The summed E-state index contributed by atoms with van der Waals surface area (Å²) in [7, 11) is 1.66. The molecule has 0 aliphatic rings. The van der Waals surface area contributed by atoms with Crippen molar-refractivity contribution in [2.45, 2.75) is 17.0 Å². The van der Waals surface area contributed by atoms with Gasteiger partial charge in [-0.15, -0.1) is 10.2 Å². The summed E-state index contributed by atoms with van der Waals surface area (Å²) in [4.78, 5) is 21.2. The van der Waals surface area contributed by atoms with Crippen LogP contribution in [0.5, 0.6) is 0 Å². The summed E-state index contributed by atoms with van der Waals surface area (Å²) in [6, 6.07) is 21.4. The number of ether oxygens (including phenoxy) is 1. The first-order chi connectivity index (χ1) is 16.8. The molecule has 0 aliphatic carbocycles. The number of pyridine rings is 1. The summed E-state index contributed by atoms with van der Waals surface area (Å²) in [6.45, 7) is 1.06. The van der Waals surface area contributed by atoms with Crippen LogP contribution in [-0.4, -0.2) is 44.2 Å². The molecular formula is C26H23N5O2S. The van der Waals surface area contributed by atoms with E-state index in [1.807, 2.05) is 71.3 Å². The molecule has 7 nitrogen and oxygen atoms in total. The van der Waals surface area contributed by atoms with E-state index < -0.39 is 5.25 Å². The number of aromatic amines is 1. The second kappa shape index (κ2) is 10.0. The number of carbonyl (C=O) groups excluding carboxylic acids is 1. The van der Waals surface area contributed by atoms with E-state index in [9.17, 15) is 4.79 Å². The van der Waals surface area contributed by atoms with Crippen molar-refractivity contribution in [2.75, 3.05) is 13.7 Å². The zero-order chi connectivity index (χ0) is 23.3. The maximum absolute atomic E-state index is 13.9. The molecule has 3 aromatic heterocycles. The average molecular weight is 470 g/mol. The van der Waals surface area contributed by atoms with E-state index >= 15 is 0 Å². The van der Waals surface area contributed by atoms with Crippen LogP contribution in [0, 0.1) is 0 Å². The molecule has 1 unspecified atom stereocenters. The van der Waals surface area contributed by atoms with Crippen LogP contribution in [0.15, 0.2) is 90.5 Å². The van der Waals surface area contributed by atoms with Crippen molar-refractivity contribution in [2.24, 2.45) is 0 Å². The predicted molar refractivity (Wildman–Crippen MR) is 133 cm³/mol. The SMILES string of the molecule is COCCn1c(SC(C(=O)c2c[nH]c3ccccc23)c2ccccc2)nnc1-c1ccncc1. The largest absolute Gasteiger partial charge is 0.383 e. The quantitative estimate of drug-likeness (QED) is 0.236. The molecule has 170 valence electrons. The number of ketones is 1. The van der Waals surface area contributed by atoms with Gasteiger partial charge in [0.1, 0.15) is 5.25 Å². The van der Waals surface area contributed by atoms with Crippen LogP contribution in [0.4, 0.5) is 0 Å². The van der Waals surface area contributed by atoms with Gasteiger partial charge in [-0.2, -0.15) is 0 Å². The van der Waals surface area contributed by atoms with Gasteiger partial charge in [-0.25, -0.2) is 0 Å². The lowest BCUT2D eigenvalue weighted by Gasteiger charge is -2.17. The fraction of sp³-hybridized carbons (Fsp3) is 0.154. The lowest BCUT2D eigenvalue weighted by molar-refractivity contribution is 0.0991. The fourth-order valence-corrected chi connectivity index (χ4v) is 5.03. The Balaban J connectivity index is 1.56. The Bertz CT molecular complexity index is 1400. The van der Waals surface area contributed by atoms with Crippen molar-refractivity contribution in [1.29, 1.82) is 0 Å². The highest BCUT2D eigenvalue weighted by atomic mass is 32.2. The van der Waals surface area contributed by atoms with Gasteiger partial charge in [0.05, 0.1) is 13.2 Å². The number of aromatic nitrogens is 5. The van der Waals surface area contributed by atoms with Gasteiger partial charge in [0.2, 0.25) is 0 Å². The minimum absolute atomic E-state index is 0.0143. The van der Waals surface area contributed by atoms with Crippen molar-refractivity contribution in [3.05, 3.63) is 96.4 Å². The number of fused-ring (bicyclic) bond motifs is 1. The number of rotatable bonds is 9. The molecule has 5 rings (SSSR count). The number of hydrogen-bond acceptors (Lipinski definition) is 6. The van der Waals surface area contributed by atoms with Gasteiger partial charge in [0.15, 0.2) is 16.8 Å². The Kier molecular flexibility index (Phi) is 6.51. The first-order valence-corrected chi connectivity index (χ1v) is 11.8. The first-order valence-electron chi connectivity index (χ1n) is 10.9. The Morgan fingerprint density at radius 3 is 2.59 bits per heavy atom. The molecule has 0 radical (unpaired) electrons. The van der Waals surface area contributed by atoms with Crippen molar-refractivity contribution in [3.8, 4) is 11.4 Å². The highest BCUT2D eigenvalue weighted by Crippen LogP contribution is 2.39. The lowest BCUT2D eigenvalue weighted by atomic mass is 10.0.